The molecule has 2 aliphatic carbocycles. The van der Waals surface area contributed by atoms with Gasteiger partial charge in [0.15, 0.2) is 0 Å². The number of carboxylic acid groups (broad SMARTS) is 1. The van der Waals surface area contributed by atoms with Crippen LogP contribution in [-0.4, -0.2) is 41.3 Å². The molecule has 34 heavy (non-hydrogen) atoms. The lowest BCUT2D eigenvalue weighted by atomic mass is 9.83. The van der Waals surface area contributed by atoms with Crippen LogP contribution in [0.15, 0.2) is 48.5 Å². The standard InChI is InChI=1S/C27H32N2O5/c1-27(2,15-24(30)31)29-25(32)21-13-7-8-14-23(21)28-26(33)34-16-22-19-11-5-3-9-17(19)18-10-4-6-12-20(18)22/h3-6,9-12,21-23H,7-8,13-16H2,1-2H3,(H,28,33)(H,29,32)(H,30,31). The molecule has 0 radical (unpaired) electrons. The van der Waals surface area contributed by atoms with Crippen molar-refractivity contribution >= 4 is 18.0 Å². The van der Waals surface area contributed by atoms with Crippen LogP contribution >= 0.6 is 0 Å². The normalized spacial score (nSPS) is 19.6. The SMILES string of the molecule is CC(C)(CC(=O)O)NC(=O)C1CCCCC1NC(=O)OCC1c2ccccc2-c2ccccc21. The zero-order chi connectivity index (χ0) is 24.3. The molecule has 2 atom stereocenters. The maximum atomic E-state index is 12.9. The van der Waals surface area contributed by atoms with Crippen LogP contribution in [0.4, 0.5) is 4.79 Å². The largest absolute Gasteiger partial charge is 0.481 e. The van der Waals surface area contributed by atoms with Gasteiger partial charge in [-0.05, 0) is 48.9 Å². The molecule has 4 rings (SSSR count). The third-order valence-corrected chi connectivity index (χ3v) is 6.80. The van der Waals surface area contributed by atoms with Crippen molar-refractivity contribution in [1.29, 1.82) is 0 Å². The summed E-state index contributed by atoms with van der Waals surface area (Å²) in [5.41, 5.74) is 3.76. The van der Waals surface area contributed by atoms with Crippen molar-refractivity contribution in [2.24, 2.45) is 5.92 Å². The fourth-order valence-electron chi connectivity index (χ4n) is 5.26. The highest BCUT2D eigenvalue weighted by Gasteiger charge is 2.36. The van der Waals surface area contributed by atoms with Crippen molar-refractivity contribution in [3.8, 4) is 11.1 Å². The zero-order valence-corrected chi connectivity index (χ0v) is 19.7. The van der Waals surface area contributed by atoms with E-state index in [9.17, 15) is 14.4 Å². The second kappa shape index (κ2) is 9.87. The number of alkyl carbamates (subject to hydrolysis) is 1. The lowest BCUT2D eigenvalue weighted by molar-refractivity contribution is -0.139. The molecule has 0 bridgehead atoms. The van der Waals surface area contributed by atoms with Gasteiger partial charge in [0.1, 0.15) is 6.61 Å². The maximum Gasteiger partial charge on any atom is 0.407 e. The van der Waals surface area contributed by atoms with Crippen molar-refractivity contribution in [2.45, 2.75) is 63.5 Å². The number of hydrogen-bond donors (Lipinski definition) is 3. The van der Waals surface area contributed by atoms with Gasteiger partial charge in [0.2, 0.25) is 5.91 Å². The molecular formula is C27H32N2O5. The van der Waals surface area contributed by atoms with Crippen LogP contribution in [-0.2, 0) is 14.3 Å². The number of carbonyl (C=O) groups is 3. The Hall–Kier alpha value is -3.35. The molecule has 0 aromatic heterocycles. The smallest absolute Gasteiger partial charge is 0.407 e. The van der Waals surface area contributed by atoms with Crippen LogP contribution in [0, 0.1) is 5.92 Å². The van der Waals surface area contributed by atoms with Crippen LogP contribution in [0.5, 0.6) is 0 Å². The first-order chi connectivity index (χ1) is 16.2. The van der Waals surface area contributed by atoms with E-state index >= 15 is 0 Å². The van der Waals surface area contributed by atoms with Crippen molar-refractivity contribution in [3.05, 3.63) is 59.7 Å². The highest BCUT2D eigenvalue weighted by molar-refractivity contribution is 5.82. The lowest BCUT2D eigenvalue weighted by Gasteiger charge is -2.34. The second-order valence-corrected chi connectivity index (χ2v) is 9.91. The number of fused-ring (bicyclic) bond motifs is 3. The molecule has 0 heterocycles. The van der Waals surface area contributed by atoms with Crippen molar-refractivity contribution in [1.82, 2.24) is 10.6 Å². The number of amides is 2. The number of nitrogens with one attached hydrogen (secondary N) is 2. The summed E-state index contributed by atoms with van der Waals surface area (Å²) in [6.45, 7) is 3.60. The first kappa shape index (κ1) is 23.8. The topological polar surface area (TPSA) is 105 Å². The Bertz CT molecular complexity index is 1030. The minimum Gasteiger partial charge on any atom is -0.481 e. The number of benzene rings is 2. The number of carbonyl (C=O) groups excluding carboxylic acids is 2. The van der Waals surface area contributed by atoms with E-state index in [4.69, 9.17) is 9.84 Å². The first-order valence-corrected chi connectivity index (χ1v) is 11.9. The van der Waals surface area contributed by atoms with Gasteiger partial charge in [0, 0.05) is 17.5 Å². The second-order valence-electron chi connectivity index (χ2n) is 9.91. The summed E-state index contributed by atoms with van der Waals surface area (Å²) in [7, 11) is 0. The summed E-state index contributed by atoms with van der Waals surface area (Å²) in [5.74, 6) is -1.64. The molecule has 3 N–H and O–H groups in total. The Morgan fingerprint density at radius 3 is 2.18 bits per heavy atom. The average Bonchev–Trinajstić information content (AvgIpc) is 3.10. The monoisotopic (exact) mass is 464 g/mol. The predicted molar refractivity (Wildman–Crippen MR) is 128 cm³/mol. The van der Waals surface area contributed by atoms with Crippen LogP contribution in [0.3, 0.4) is 0 Å². The zero-order valence-electron chi connectivity index (χ0n) is 19.7. The Morgan fingerprint density at radius 1 is 0.971 bits per heavy atom. The molecule has 2 amide bonds. The lowest BCUT2D eigenvalue weighted by Crippen LogP contribution is -2.53. The molecule has 7 nitrogen and oxygen atoms in total. The molecule has 180 valence electrons. The minimum absolute atomic E-state index is 0.0274. The summed E-state index contributed by atoms with van der Waals surface area (Å²) < 4.78 is 5.66. The van der Waals surface area contributed by atoms with E-state index in [0.717, 1.165) is 24.0 Å². The van der Waals surface area contributed by atoms with Gasteiger partial charge >= 0.3 is 12.1 Å². The quantitative estimate of drug-likeness (QED) is 0.561. The Kier molecular flexibility index (Phi) is 6.91. The highest BCUT2D eigenvalue weighted by atomic mass is 16.5. The molecule has 2 unspecified atom stereocenters. The molecule has 0 aliphatic heterocycles. The summed E-state index contributed by atoms with van der Waals surface area (Å²) in [4.78, 5) is 36.8. The van der Waals surface area contributed by atoms with Crippen LogP contribution in [0.25, 0.3) is 11.1 Å². The maximum absolute atomic E-state index is 12.9. The fourth-order valence-corrected chi connectivity index (χ4v) is 5.26. The van der Waals surface area contributed by atoms with Crippen LogP contribution in [0.1, 0.15) is 63.0 Å². The molecule has 0 spiro atoms. The Labute approximate surface area is 199 Å². The third-order valence-electron chi connectivity index (χ3n) is 6.80. The predicted octanol–water partition coefficient (Wildman–Crippen LogP) is 4.45. The van der Waals surface area contributed by atoms with Crippen LogP contribution < -0.4 is 10.6 Å². The van der Waals surface area contributed by atoms with E-state index < -0.39 is 23.5 Å². The van der Waals surface area contributed by atoms with Crippen molar-refractivity contribution in [2.75, 3.05) is 6.61 Å². The number of hydrogen-bond acceptors (Lipinski definition) is 4. The highest BCUT2D eigenvalue weighted by Crippen LogP contribution is 2.44. The number of rotatable bonds is 7. The van der Waals surface area contributed by atoms with Crippen molar-refractivity contribution < 1.29 is 24.2 Å². The van der Waals surface area contributed by atoms with Gasteiger partial charge in [0.25, 0.3) is 0 Å². The van der Waals surface area contributed by atoms with E-state index in [1.54, 1.807) is 13.8 Å². The van der Waals surface area contributed by atoms with E-state index in [0.29, 0.717) is 12.8 Å². The molecule has 2 aliphatic rings. The molecule has 7 heteroatoms. The van der Waals surface area contributed by atoms with E-state index in [-0.39, 0.29) is 30.9 Å². The summed E-state index contributed by atoms with van der Waals surface area (Å²) in [6, 6.07) is 16.0. The van der Waals surface area contributed by atoms with E-state index in [1.165, 1.54) is 11.1 Å². The summed E-state index contributed by atoms with van der Waals surface area (Å²) in [6.07, 6.45) is 2.43. The number of aliphatic carboxylic acids is 1. The molecular weight excluding hydrogens is 432 g/mol. The van der Waals surface area contributed by atoms with Gasteiger partial charge in [-0.15, -0.1) is 0 Å². The van der Waals surface area contributed by atoms with Crippen molar-refractivity contribution in [3.63, 3.8) is 0 Å². The third kappa shape index (κ3) is 5.24. The van der Waals surface area contributed by atoms with E-state index in [1.807, 2.05) is 24.3 Å². The average molecular weight is 465 g/mol. The Morgan fingerprint density at radius 2 is 1.56 bits per heavy atom. The molecule has 2 aromatic rings. The Balaban J connectivity index is 1.38. The van der Waals surface area contributed by atoms with Gasteiger partial charge in [-0.25, -0.2) is 4.79 Å². The minimum atomic E-state index is -0.970. The number of ether oxygens (including phenoxy) is 1. The molecule has 1 saturated carbocycles. The summed E-state index contributed by atoms with van der Waals surface area (Å²) >= 11 is 0. The van der Waals surface area contributed by atoms with Gasteiger partial charge in [0.05, 0.1) is 12.3 Å². The first-order valence-electron chi connectivity index (χ1n) is 11.9. The van der Waals surface area contributed by atoms with E-state index in [2.05, 4.69) is 34.9 Å². The molecule has 0 saturated heterocycles. The molecule has 1 fully saturated rings. The van der Waals surface area contributed by atoms with Gasteiger partial charge in [-0.1, -0.05) is 61.4 Å². The van der Waals surface area contributed by atoms with Gasteiger partial charge in [-0.2, -0.15) is 0 Å². The fraction of sp³-hybridized carbons (Fsp3) is 0.444. The van der Waals surface area contributed by atoms with Gasteiger partial charge in [-0.3, -0.25) is 9.59 Å². The number of carboxylic acids is 1. The van der Waals surface area contributed by atoms with Gasteiger partial charge < -0.3 is 20.5 Å². The molecule has 2 aromatic carbocycles. The van der Waals surface area contributed by atoms with Crippen LogP contribution in [0.2, 0.25) is 0 Å². The summed E-state index contributed by atoms with van der Waals surface area (Å²) in [5, 5.41) is 14.8.